The van der Waals surface area contributed by atoms with Gasteiger partial charge in [0.25, 0.3) is 5.56 Å². The van der Waals surface area contributed by atoms with Gasteiger partial charge in [-0.05, 0) is 30.2 Å². The third-order valence-corrected chi connectivity index (χ3v) is 3.45. The number of fused-ring (bicyclic) bond motifs is 1. The van der Waals surface area contributed by atoms with Gasteiger partial charge in [-0.2, -0.15) is 0 Å². The minimum absolute atomic E-state index is 0.116. The highest BCUT2D eigenvalue weighted by molar-refractivity contribution is 6.31. The van der Waals surface area contributed by atoms with Gasteiger partial charge in [-0.3, -0.25) is 4.79 Å². The van der Waals surface area contributed by atoms with Gasteiger partial charge in [-0.15, -0.1) is 0 Å². The van der Waals surface area contributed by atoms with Crippen LogP contribution in [0.4, 0.5) is 0 Å². The Labute approximate surface area is 121 Å². The van der Waals surface area contributed by atoms with Crippen LogP contribution in [0.25, 0.3) is 10.9 Å². The molecular formula is C16H13ClN2O. The van der Waals surface area contributed by atoms with Gasteiger partial charge in [0.1, 0.15) is 5.82 Å². The van der Waals surface area contributed by atoms with Gasteiger partial charge >= 0.3 is 0 Å². The summed E-state index contributed by atoms with van der Waals surface area (Å²) in [5.41, 5.74) is 1.75. The van der Waals surface area contributed by atoms with E-state index in [2.05, 4.69) is 22.1 Å². The summed E-state index contributed by atoms with van der Waals surface area (Å²) in [6, 6.07) is 15.2. The third-order valence-electron chi connectivity index (χ3n) is 3.21. The van der Waals surface area contributed by atoms with E-state index in [0.717, 1.165) is 6.42 Å². The first-order valence-electron chi connectivity index (χ1n) is 6.45. The highest BCUT2D eigenvalue weighted by atomic mass is 35.5. The molecule has 1 N–H and O–H groups in total. The first-order chi connectivity index (χ1) is 9.72. The fourth-order valence-corrected chi connectivity index (χ4v) is 2.35. The van der Waals surface area contributed by atoms with E-state index in [1.54, 1.807) is 18.2 Å². The molecule has 0 aliphatic rings. The van der Waals surface area contributed by atoms with Gasteiger partial charge in [0, 0.05) is 11.4 Å². The molecule has 0 aliphatic heterocycles. The summed E-state index contributed by atoms with van der Waals surface area (Å²) in [6.45, 7) is 0. The molecule has 0 fully saturated rings. The normalized spacial score (nSPS) is 10.8. The van der Waals surface area contributed by atoms with Crippen LogP contribution in [0.1, 0.15) is 11.4 Å². The molecule has 0 saturated heterocycles. The van der Waals surface area contributed by atoms with Crippen molar-refractivity contribution in [2.45, 2.75) is 12.8 Å². The number of benzene rings is 2. The molecular weight excluding hydrogens is 272 g/mol. The molecule has 1 aromatic heterocycles. The number of halogens is 1. The number of hydrogen-bond donors (Lipinski definition) is 1. The van der Waals surface area contributed by atoms with E-state index < -0.39 is 0 Å². The van der Waals surface area contributed by atoms with Gasteiger partial charge in [-0.25, -0.2) is 4.98 Å². The molecule has 4 heteroatoms. The van der Waals surface area contributed by atoms with Crippen molar-refractivity contribution in [1.82, 2.24) is 9.97 Å². The van der Waals surface area contributed by atoms with Gasteiger partial charge in [0.2, 0.25) is 0 Å². The molecule has 20 heavy (non-hydrogen) atoms. The van der Waals surface area contributed by atoms with Crippen molar-refractivity contribution in [3.05, 3.63) is 75.3 Å². The maximum absolute atomic E-state index is 12.0. The molecule has 2 aromatic carbocycles. The quantitative estimate of drug-likeness (QED) is 0.801. The van der Waals surface area contributed by atoms with Crippen LogP contribution in [0.2, 0.25) is 5.02 Å². The van der Waals surface area contributed by atoms with Crippen molar-refractivity contribution >= 4 is 22.5 Å². The van der Waals surface area contributed by atoms with E-state index >= 15 is 0 Å². The number of rotatable bonds is 3. The third kappa shape index (κ3) is 2.73. The molecule has 0 bridgehead atoms. The highest BCUT2D eigenvalue weighted by Crippen LogP contribution is 2.15. The summed E-state index contributed by atoms with van der Waals surface area (Å²) in [5, 5.41) is 1.16. The Morgan fingerprint density at radius 3 is 2.65 bits per heavy atom. The molecule has 3 aromatic rings. The van der Waals surface area contributed by atoms with Crippen molar-refractivity contribution < 1.29 is 0 Å². The Hall–Kier alpha value is -2.13. The first kappa shape index (κ1) is 12.9. The molecule has 0 aliphatic carbocycles. The van der Waals surface area contributed by atoms with Crippen LogP contribution < -0.4 is 5.56 Å². The van der Waals surface area contributed by atoms with Gasteiger partial charge in [0.05, 0.1) is 10.9 Å². The second kappa shape index (κ2) is 5.47. The Bertz CT molecular complexity index is 796. The smallest absolute Gasteiger partial charge is 0.258 e. The van der Waals surface area contributed by atoms with Crippen LogP contribution in [0.5, 0.6) is 0 Å². The average Bonchev–Trinajstić information content (AvgIpc) is 2.46. The summed E-state index contributed by atoms with van der Waals surface area (Å²) in [7, 11) is 0. The lowest BCUT2D eigenvalue weighted by atomic mass is 10.1. The zero-order chi connectivity index (χ0) is 13.9. The Morgan fingerprint density at radius 2 is 1.85 bits per heavy atom. The van der Waals surface area contributed by atoms with Crippen molar-refractivity contribution in [2.75, 3.05) is 0 Å². The second-order valence-electron chi connectivity index (χ2n) is 4.66. The predicted molar refractivity (Wildman–Crippen MR) is 81.2 cm³/mol. The second-order valence-corrected chi connectivity index (χ2v) is 5.10. The highest BCUT2D eigenvalue weighted by Gasteiger charge is 2.04. The number of hydrogen-bond acceptors (Lipinski definition) is 2. The standard InChI is InChI=1S/C16H13ClN2O/c17-12-7-8-13-14(10-12)18-15(19-16(13)20)9-6-11-4-2-1-3-5-11/h1-5,7-8,10H,6,9H2,(H,18,19,20). The lowest BCUT2D eigenvalue weighted by Crippen LogP contribution is -2.12. The molecule has 0 radical (unpaired) electrons. The van der Waals surface area contributed by atoms with Crippen LogP contribution in [0, 0.1) is 0 Å². The minimum atomic E-state index is -0.116. The van der Waals surface area contributed by atoms with Crippen LogP contribution >= 0.6 is 11.6 Å². The summed E-state index contributed by atoms with van der Waals surface area (Å²) >= 11 is 5.94. The van der Waals surface area contributed by atoms with Gasteiger partial charge in [0.15, 0.2) is 0 Å². The fraction of sp³-hybridized carbons (Fsp3) is 0.125. The maximum Gasteiger partial charge on any atom is 0.258 e. The summed E-state index contributed by atoms with van der Waals surface area (Å²) in [4.78, 5) is 19.3. The Morgan fingerprint density at radius 1 is 1.05 bits per heavy atom. The largest absolute Gasteiger partial charge is 0.310 e. The van der Waals surface area contributed by atoms with Gasteiger partial charge < -0.3 is 4.98 Å². The van der Waals surface area contributed by atoms with E-state index in [-0.39, 0.29) is 5.56 Å². The Kier molecular flexibility index (Phi) is 3.52. The average molecular weight is 285 g/mol. The van der Waals surface area contributed by atoms with Crippen LogP contribution in [-0.2, 0) is 12.8 Å². The van der Waals surface area contributed by atoms with Crippen molar-refractivity contribution in [3.8, 4) is 0 Å². The first-order valence-corrected chi connectivity index (χ1v) is 6.82. The molecule has 0 atom stereocenters. The summed E-state index contributed by atoms with van der Waals surface area (Å²) in [6.07, 6.45) is 1.54. The molecule has 0 amide bonds. The zero-order valence-corrected chi connectivity index (χ0v) is 11.5. The number of aromatic nitrogens is 2. The number of H-pyrrole nitrogens is 1. The number of nitrogens with zero attached hydrogens (tertiary/aromatic N) is 1. The summed E-state index contributed by atoms with van der Waals surface area (Å²) in [5.74, 6) is 0.689. The van der Waals surface area contributed by atoms with Crippen molar-refractivity contribution in [2.24, 2.45) is 0 Å². The number of nitrogens with one attached hydrogen (secondary N) is 1. The zero-order valence-electron chi connectivity index (χ0n) is 10.8. The molecule has 3 rings (SSSR count). The minimum Gasteiger partial charge on any atom is -0.310 e. The molecule has 3 nitrogen and oxygen atoms in total. The van der Waals surface area contributed by atoms with Crippen molar-refractivity contribution in [1.29, 1.82) is 0 Å². The molecule has 100 valence electrons. The van der Waals surface area contributed by atoms with E-state index in [9.17, 15) is 4.79 Å². The topological polar surface area (TPSA) is 45.8 Å². The van der Waals surface area contributed by atoms with E-state index in [1.165, 1.54) is 5.56 Å². The van der Waals surface area contributed by atoms with E-state index in [1.807, 2.05) is 18.2 Å². The molecule has 0 spiro atoms. The van der Waals surface area contributed by atoms with E-state index in [0.29, 0.717) is 28.2 Å². The SMILES string of the molecule is O=c1[nH]c(CCc2ccccc2)nc2cc(Cl)ccc12. The monoisotopic (exact) mass is 284 g/mol. The molecule has 1 heterocycles. The van der Waals surface area contributed by atoms with Crippen LogP contribution in [0.15, 0.2) is 53.3 Å². The van der Waals surface area contributed by atoms with Crippen LogP contribution in [0.3, 0.4) is 0 Å². The Balaban J connectivity index is 1.90. The predicted octanol–water partition coefficient (Wildman–Crippen LogP) is 3.36. The van der Waals surface area contributed by atoms with Crippen LogP contribution in [-0.4, -0.2) is 9.97 Å². The fourth-order valence-electron chi connectivity index (χ4n) is 2.19. The maximum atomic E-state index is 12.0. The molecule has 0 saturated carbocycles. The van der Waals surface area contributed by atoms with Crippen molar-refractivity contribution in [3.63, 3.8) is 0 Å². The number of aromatic amines is 1. The lowest BCUT2D eigenvalue weighted by molar-refractivity contribution is 0.861. The molecule has 0 unspecified atom stereocenters. The van der Waals surface area contributed by atoms with Gasteiger partial charge in [-0.1, -0.05) is 41.9 Å². The lowest BCUT2D eigenvalue weighted by Gasteiger charge is -2.04. The number of aryl methyl sites for hydroxylation is 2. The van der Waals surface area contributed by atoms with E-state index in [4.69, 9.17) is 11.6 Å². The summed E-state index contributed by atoms with van der Waals surface area (Å²) < 4.78 is 0.